The molecule has 2 aromatic heterocycles. The summed E-state index contributed by atoms with van der Waals surface area (Å²) in [7, 11) is 0. The number of carbonyl (C=O) groups is 1. The molecule has 2 aromatic rings. The highest BCUT2D eigenvalue weighted by Gasteiger charge is 2.08. The van der Waals surface area contributed by atoms with Crippen LogP contribution in [-0.4, -0.2) is 5.91 Å². The van der Waals surface area contributed by atoms with Gasteiger partial charge in [0.1, 0.15) is 0 Å². The molecule has 0 aliphatic rings. The first-order valence-electron chi connectivity index (χ1n) is 4.70. The Labute approximate surface area is 116 Å². The standard InChI is InChI=1S/C11H10INOS2/c1-7-4-15-5-9(7)3-13-11(14)8-2-10(12)16-6-8/h2,4-6H,3H2,1H3,(H,13,14). The normalized spacial score (nSPS) is 10.4. The molecule has 0 unspecified atom stereocenters. The molecule has 84 valence electrons. The van der Waals surface area contributed by atoms with Crippen molar-refractivity contribution in [3.05, 3.63) is 41.8 Å². The van der Waals surface area contributed by atoms with Crippen LogP contribution in [0.4, 0.5) is 0 Å². The molecule has 0 aliphatic heterocycles. The highest BCUT2D eigenvalue weighted by atomic mass is 127. The molecule has 0 atom stereocenters. The molecule has 5 heteroatoms. The summed E-state index contributed by atoms with van der Waals surface area (Å²) in [6, 6.07) is 1.90. The predicted molar refractivity (Wildman–Crippen MR) is 77.3 cm³/mol. The van der Waals surface area contributed by atoms with Crippen LogP contribution in [0.2, 0.25) is 0 Å². The summed E-state index contributed by atoms with van der Waals surface area (Å²) in [6.07, 6.45) is 0. The lowest BCUT2D eigenvalue weighted by Gasteiger charge is -2.02. The number of thiophene rings is 2. The zero-order valence-corrected chi connectivity index (χ0v) is 12.4. The topological polar surface area (TPSA) is 29.1 Å². The molecule has 0 fully saturated rings. The van der Waals surface area contributed by atoms with Crippen molar-refractivity contribution in [3.63, 3.8) is 0 Å². The van der Waals surface area contributed by atoms with Crippen LogP contribution in [-0.2, 0) is 6.54 Å². The minimum atomic E-state index is 0.00441. The average molecular weight is 363 g/mol. The van der Waals surface area contributed by atoms with Crippen molar-refractivity contribution in [1.29, 1.82) is 0 Å². The zero-order valence-electron chi connectivity index (χ0n) is 8.62. The van der Waals surface area contributed by atoms with Crippen molar-refractivity contribution in [1.82, 2.24) is 5.32 Å². The van der Waals surface area contributed by atoms with E-state index in [4.69, 9.17) is 0 Å². The maximum Gasteiger partial charge on any atom is 0.252 e. The van der Waals surface area contributed by atoms with Crippen molar-refractivity contribution >= 4 is 51.2 Å². The third-order valence-electron chi connectivity index (χ3n) is 2.23. The Morgan fingerprint density at radius 2 is 2.25 bits per heavy atom. The Morgan fingerprint density at radius 1 is 1.44 bits per heavy atom. The van der Waals surface area contributed by atoms with Gasteiger partial charge in [0.05, 0.1) is 8.45 Å². The Kier molecular flexibility index (Phi) is 3.99. The number of carbonyl (C=O) groups excluding carboxylic acids is 1. The minimum absolute atomic E-state index is 0.00441. The first-order chi connectivity index (χ1) is 7.66. The van der Waals surface area contributed by atoms with E-state index in [1.165, 1.54) is 11.1 Å². The SMILES string of the molecule is Cc1cscc1CNC(=O)c1csc(I)c1. The number of rotatable bonds is 3. The largest absolute Gasteiger partial charge is 0.348 e. The number of amides is 1. The van der Waals surface area contributed by atoms with E-state index in [2.05, 4.69) is 45.6 Å². The van der Waals surface area contributed by atoms with Crippen LogP contribution < -0.4 is 5.32 Å². The third kappa shape index (κ3) is 2.83. The van der Waals surface area contributed by atoms with Crippen molar-refractivity contribution in [2.75, 3.05) is 0 Å². The molecule has 0 spiro atoms. The molecule has 0 radical (unpaired) electrons. The fraction of sp³-hybridized carbons (Fsp3) is 0.182. The van der Waals surface area contributed by atoms with Gasteiger partial charge in [0.2, 0.25) is 0 Å². The van der Waals surface area contributed by atoms with E-state index < -0.39 is 0 Å². The van der Waals surface area contributed by atoms with Gasteiger partial charge in [-0.3, -0.25) is 4.79 Å². The summed E-state index contributed by atoms with van der Waals surface area (Å²) in [4.78, 5) is 11.8. The van der Waals surface area contributed by atoms with E-state index in [0.717, 1.165) is 8.45 Å². The van der Waals surface area contributed by atoms with E-state index in [-0.39, 0.29) is 5.91 Å². The van der Waals surface area contributed by atoms with Crippen LogP contribution in [0.15, 0.2) is 22.2 Å². The molecule has 0 aliphatic carbocycles. The van der Waals surface area contributed by atoms with E-state index >= 15 is 0 Å². The fourth-order valence-electron chi connectivity index (χ4n) is 1.27. The zero-order chi connectivity index (χ0) is 11.5. The van der Waals surface area contributed by atoms with Gasteiger partial charge < -0.3 is 5.32 Å². The second kappa shape index (κ2) is 5.29. The Balaban J connectivity index is 1.96. The molecule has 2 heterocycles. The van der Waals surface area contributed by atoms with E-state index in [9.17, 15) is 4.79 Å². The molecule has 16 heavy (non-hydrogen) atoms. The number of hydrogen-bond acceptors (Lipinski definition) is 3. The minimum Gasteiger partial charge on any atom is -0.348 e. The molecular formula is C11H10INOS2. The van der Waals surface area contributed by atoms with Gasteiger partial charge in [-0.15, -0.1) is 11.3 Å². The van der Waals surface area contributed by atoms with Crippen LogP contribution in [0, 0.1) is 9.81 Å². The third-order valence-corrected chi connectivity index (χ3v) is 4.93. The number of halogens is 1. The van der Waals surface area contributed by atoms with Crippen LogP contribution in [0.3, 0.4) is 0 Å². The second-order valence-electron chi connectivity index (χ2n) is 3.40. The van der Waals surface area contributed by atoms with Gasteiger partial charge >= 0.3 is 0 Å². The molecule has 1 N–H and O–H groups in total. The lowest BCUT2D eigenvalue weighted by molar-refractivity contribution is 0.0951. The van der Waals surface area contributed by atoms with Crippen LogP contribution >= 0.6 is 45.3 Å². The van der Waals surface area contributed by atoms with Gasteiger partial charge in [-0.1, -0.05) is 0 Å². The lowest BCUT2D eigenvalue weighted by Crippen LogP contribution is -2.22. The second-order valence-corrected chi connectivity index (χ2v) is 6.95. The van der Waals surface area contributed by atoms with Crippen molar-refractivity contribution in [2.45, 2.75) is 13.5 Å². The van der Waals surface area contributed by atoms with Crippen LogP contribution in [0.5, 0.6) is 0 Å². The summed E-state index contributed by atoms with van der Waals surface area (Å²) >= 11 is 5.47. The van der Waals surface area contributed by atoms with Crippen molar-refractivity contribution in [2.24, 2.45) is 0 Å². The summed E-state index contributed by atoms with van der Waals surface area (Å²) in [5.74, 6) is 0.00441. The highest BCUT2D eigenvalue weighted by molar-refractivity contribution is 14.1. The van der Waals surface area contributed by atoms with E-state index in [1.807, 2.05) is 11.4 Å². The molecular weight excluding hydrogens is 353 g/mol. The first kappa shape index (κ1) is 12.1. The Morgan fingerprint density at radius 3 is 2.81 bits per heavy atom. The lowest BCUT2D eigenvalue weighted by atomic mass is 10.2. The van der Waals surface area contributed by atoms with E-state index in [1.54, 1.807) is 22.7 Å². The predicted octanol–water partition coefficient (Wildman–Crippen LogP) is 3.65. The van der Waals surface area contributed by atoms with Gasteiger partial charge in [-0.05, 0) is 57.5 Å². The highest BCUT2D eigenvalue weighted by Crippen LogP contribution is 2.17. The smallest absolute Gasteiger partial charge is 0.252 e. The molecule has 0 bridgehead atoms. The van der Waals surface area contributed by atoms with Crippen molar-refractivity contribution < 1.29 is 4.79 Å². The molecule has 2 rings (SSSR count). The quantitative estimate of drug-likeness (QED) is 0.829. The molecule has 1 amide bonds. The molecule has 0 saturated heterocycles. The van der Waals surface area contributed by atoms with Crippen LogP contribution in [0.1, 0.15) is 21.5 Å². The maximum atomic E-state index is 11.8. The first-order valence-corrected chi connectivity index (χ1v) is 7.61. The molecule has 0 saturated carbocycles. The number of nitrogens with one attached hydrogen (secondary N) is 1. The van der Waals surface area contributed by atoms with Gasteiger partial charge in [0.15, 0.2) is 0 Å². The summed E-state index contributed by atoms with van der Waals surface area (Å²) in [5, 5.41) is 8.98. The van der Waals surface area contributed by atoms with Gasteiger partial charge in [0, 0.05) is 11.9 Å². The monoisotopic (exact) mass is 363 g/mol. The molecule has 0 aromatic carbocycles. The Bertz CT molecular complexity index is 504. The average Bonchev–Trinajstić information content (AvgIpc) is 2.84. The Hall–Kier alpha value is -0.400. The summed E-state index contributed by atoms with van der Waals surface area (Å²) < 4.78 is 1.13. The van der Waals surface area contributed by atoms with Crippen LogP contribution in [0.25, 0.3) is 0 Å². The number of aryl methyl sites for hydroxylation is 1. The van der Waals surface area contributed by atoms with E-state index in [0.29, 0.717) is 6.54 Å². The number of hydrogen-bond donors (Lipinski definition) is 1. The molecule has 2 nitrogen and oxygen atoms in total. The van der Waals surface area contributed by atoms with Gasteiger partial charge in [0.25, 0.3) is 5.91 Å². The summed E-state index contributed by atoms with van der Waals surface area (Å²) in [6.45, 7) is 2.67. The van der Waals surface area contributed by atoms with Crippen molar-refractivity contribution in [3.8, 4) is 0 Å². The summed E-state index contributed by atoms with van der Waals surface area (Å²) in [5.41, 5.74) is 3.19. The van der Waals surface area contributed by atoms with Gasteiger partial charge in [-0.25, -0.2) is 0 Å². The fourth-order valence-corrected chi connectivity index (χ4v) is 3.46. The van der Waals surface area contributed by atoms with Gasteiger partial charge in [-0.2, -0.15) is 11.3 Å². The maximum absolute atomic E-state index is 11.8.